The molecule has 0 radical (unpaired) electrons. The van der Waals surface area contributed by atoms with Crippen LogP contribution >= 0.6 is 11.3 Å². The number of carbonyl (C=O) groups excluding carboxylic acids is 1. The van der Waals surface area contributed by atoms with Crippen molar-refractivity contribution >= 4 is 38.3 Å². The van der Waals surface area contributed by atoms with E-state index in [1.54, 1.807) is 24.3 Å². The summed E-state index contributed by atoms with van der Waals surface area (Å²) in [4.78, 5) is 12.4. The second kappa shape index (κ2) is 11.6. The van der Waals surface area contributed by atoms with E-state index in [-0.39, 0.29) is 15.0 Å². The van der Waals surface area contributed by atoms with Crippen molar-refractivity contribution in [1.29, 1.82) is 5.26 Å². The van der Waals surface area contributed by atoms with Crippen molar-refractivity contribution in [3.05, 3.63) is 64.7 Å². The molecule has 0 aliphatic heterocycles. The van der Waals surface area contributed by atoms with Gasteiger partial charge in [0.25, 0.3) is 5.91 Å². The average molecular weight is 513 g/mol. The Morgan fingerprint density at radius 3 is 2.49 bits per heavy atom. The molecule has 182 valence electrons. The van der Waals surface area contributed by atoms with E-state index in [0.29, 0.717) is 42.3 Å². The van der Waals surface area contributed by atoms with Gasteiger partial charge in [-0.15, -0.1) is 10.2 Å². The number of nitrogens with zero attached hydrogens (tertiary/aromatic N) is 3. The standard InChI is InChI=1S/C24H24N4O5S2/c1-16-6-4-7-21(17(16)2)33-13-5-12-32-20-10-8-18(9-11-20)14-19(15-25)22(29)26-23-27-28-24(34-23)35(3,30)31/h4,6-11,14H,5,12-13H2,1-3H3,(H,26,27,29)/b19-14-. The van der Waals surface area contributed by atoms with Gasteiger partial charge in [0.1, 0.15) is 23.1 Å². The maximum absolute atomic E-state index is 12.4. The molecule has 3 rings (SSSR count). The van der Waals surface area contributed by atoms with Crippen LogP contribution in [0.25, 0.3) is 6.08 Å². The van der Waals surface area contributed by atoms with Crippen LogP contribution in [0.15, 0.2) is 52.4 Å². The zero-order chi connectivity index (χ0) is 25.4. The summed E-state index contributed by atoms with van der Waals surface area (Å²) in [6, 6.07) is 14.7. The second-order valence-corrected chi connectivity index (χ2v) is 10.8. The lowest BCUT2D eigenvalue weighted by Crippen LogP contribution is -2.13. The van der Waals surface area contributed by atoms with Crippen molar-refractivity contribution in [2.75, 3.05) is 24.8 Å². The van der Waals surface area contributed by atoms with Gasteiger partial charge in [-0.1, -0.05) is 35.6 Å². The molecule has 1 heterocycles. The number of hydrogen-bond donors (Lipinski definition) is 1. The van der Waals surface area contributed by atoms with Crippen molar-refractivity contribution in [1.82, 2.24) is 10.2 Å². The van der Waals surface area contributed by atoms with E-state index >= 15 is 0 Å². The number of anilines is 1. The first-order valence-corrected chi connectivity index (χ1v) is 13.3. The molecule has 2 aromatic carbocycles. The molecule has 0 fully saturated rings. The Hall–Kier alpha value is -3.75. The third-order valence-electron chi connectivity index (χ3n) is 4.87. The molecule has 1 N–H and O–H groups in total. The average Bonchev–Trinajstić information content (AvgIpc) is 3.30. The SMILES string of the molecule is Cc1cccc(OCCCOc2ccc(/C=C(/C#N)C(=O)Nc3nnc(S(C)(=O)=O)s3)cc2)c1C. The number of aryl methyl sites for hydroxylation is 1. The Labute approximate surface area is 208 Å². The molecule has 35 heavy (non-hydrogen) atoms. The summed E-state index contributed by atoms with van der Waals surface area (Å²) >= 11 is 0.711. The van der Waals surface area contributed by atoms with E-state index in [9.17, 15) is 18.5 Å². The summed E-state index contributed by atoms with van der Waals surface area (Å²) in [5.41, 5.74) is 2.77. The van der Waals surface area contributed by atoms with Crippen molar-refractivity contribution in [2.24, 2.45) is 0 Å². The number of ether oxygens (including phenoxy) is 2. The second-order valence-electron chi connectivity index (χ2n) is 7.59. The summed E-state index contributed by atoms with van der Waals surface area (Å²) in [5, 5.41) is 18.9. The van der Waals surface area contributed by atoms with Crippen LogP contribution in [-0.4, -0.2) is 44.0 Å². The van der Waals surface area contributed by atoms with Gasteiger partial charge in [-0.05, 0) is 54.8 Å². The first kappa shape index (κ1) is 25.9. The third-order valence-corrected chi connectivity index (χ3v) is 7.38. The Kier molecular flexibility index (Phi) is 8.57. The number of hydrogen-bond acceptors (Lipinski definition) is 9. The maximum atomic E-state index is 12.4. The smallest absolute Gasteiger partial charge is 0.268 e. The van der Waals surface area contributed by atoms with E-state index in [0.717, 1.165) is 17.6 Å². The van der Waals surface area contributed by atoms with E-state index in [1.165, 1.54) is 11.6 Å². The highest BCUT2D eigenvalue weighted by atomic mass is 32.2. The van der Waals surface area contributed by atoms with Crippen LogP contribution in [0.3, 0.4) is 0 Å². The van der Waals surface area contributed by atoms with E-state index in [2.05, 4.69) is 15.5 Å². The molecule has 9 nitrogen and oxygen atoms in total. The fourth-order valence-corrected chi connectivity index (χ4v) is 4.37. The summed E-state index contributed by atoms with van der Waals surface area (Å²) < 4.78 is 34.3. The van der Waals surface area contributed by atoms with Gasteiger partial charge in [-0.25, -0.2) is 8.42 Å². The minimum atomic E-state index is -3.53. The highest BCUT2D eigenvalue weighted by Gasteiger charge is 2.17. The largest absolute Gasteiger partial charge is 0.493 e. The molecule has 0 bridgehead atoms. The van der Waals surface area contributed by atoms with Crippen LogP contribution in [0.4, 0.5) is 5.13 Å². The number of nitrogens with one attached hydrogen (secondary N) is 1. The van der Waals surface area contributed by atoms with Crippen LogP contribution in [0.2, 0.25) is 0 Å². The molecule has 0 unspecified atom stereocenters. The number of amides is 1. The van der Waals surface area contributed by atoms with Crippen molar-refractivity contribution < 1.29 is 22.7 Å². The lowest BCUT2D eigenvalue weighted by Gasteiger charge is -2.11. The van der Waals surface area contributed by atoms with E-state index < -0.39 is 15.7 Å². The predicted octanol–water partition coefficient (Wildman–Crippen LogP) is 3.95. The van der Waals surface area contributed by atoms with Crippen LogP contribution in [0.1, 0.15) is 23.1 Å². The van der Waals surface area contributed by atoms with Crippen molar-refractivity contribution in [3.8, 4) is 17.6 Å². The van der Waals surface area contributed by atoms with Crippen LogP contribution in [-0.2, 0) is 14.6 Å². The normalized spacial score (nSPS) is 11.5. The van der Waals surface area contributed by atoms with Gasteiger partial charge in [0, 0.05) is 12.7 Å². The summed E-state index contributed by atoms with van der Waals surface area (Å²) in [5.74, 6) is 0.812. The molecule has 3 aromatic rings. The molecule has 0 saturated carbocycles. The number of benzene rings is 2. The fourth-order valence-electron chi connectivity index (χ4n) is 2.86. The van der Waals surface area contributed by atoms with Gasteiger partial charge < -0.3 is 9.47 Å². The highest BCUT2D eigenvalue weighted by Crippen LogP contribution is 2.22. The quantitative estimate of drug-likeness (QED) is 0.187. The number of aromatic nitrogens is 2. The molecule has 11 heteroatoms. The minimum Gasteiger partial charge on any atom is -0.493 e. The number of rotatable bonds is 10. The Morgan fingerprint density at radius 2 is 1.83 bits per heavy atom. The summed E-state index contributed by atoms with van der Waals surface area (Å²) in [6.07, 6.45) is 3.11. The first-order valence-electron chi connectivity index (χ1n) is 10.6. The third kappa shape index (κ3) is 7.37. The molecule has 0 saturated heterocycles. The molecule has 1 aromatic heterocycles. The maximum Gasteiger partial charge on any atom is 0.268 e. The van der Waals surface area contributed by atoms with Gasteiger partial charge in [-0.3, -0.25) is 10.1 Å². The number of sulfone groups is 1. The molecule has 0 aliphatic rings. The molecular weight excluding hydrogens is 488 g/mol. The number of nitriles is 1. The molecule has 0 spiro atoms. The van der Waals surface area contributed by atoms with E-state index in [4.69, 9.17) is 9.47 Å². The topological polar surface area (TPSA) is 131 Å². The zero-order valence-electron chi connectivity index (χ0n) is 19.4. The number of carbonyl (C=O) groups is 1. The molecule has 1 amide bonds. The van der Waals surface area contributed by atoms with Crippen LogP contribution in [0.5, 0.6) is 11.5 Å². The lowest BCUT2D eigenvalue weighted by atomic mass is 10.1. The van der Waals surface area contributed by atoms with Gasteiger partial charge >= 0.3 is 0 Å². The van der Waals surface area contributed by atoms with Crippen molar-refractivity contribution in [3.63, 3.8) is 0 Å². The zero-order valence-corrected chi connectivity index (χ0v) is 21.1. The van der Waals surface area contributed by atoms with Gasteiger partial charge in [0.2, 0.25) is 19.3 Å². The van der Waals surface area contributed by atoms with Gasteiger partial charge in [-0.2, -0.15) is 5.26 Å². The van der Waals surface area contributed by atoms with Crippen LogP contribution in [0, 0.1) is 25.2 Å². The Balaban J connectivity index is 1.50. The fraction of sp³-hybridized carbons (Fsp3) is 0.250. The van der Waals surface area contributed by atoms with Gasteiger partial charge in [0.15, 0.2) is 0 Å². The van der Waals surface area contributed by atoms with Crippen LogP contribution < -0.4 is 14.8 Å². The highest BCUT2D eigenvalue weighted by molar-refractivity contribution is 7.92. The summed E-state index contributed by atoms with van der Waals surface area (Å²) in [6.45, 7) is 5.09. The van der Waals surface area contributed by atoms with E-state index in [1.807, 2.05) is 38.1 Å². The molecule has 0 aliphatic carbocycles. The minimum absolute atomic E-state index is 0.0122. The van der Waals surface area contributed by atoms with Gasteiger partial charge in [0.05, 0.1) is 13.2 Å². The summed E-state index contributed by atoms with van der Waals surface area (Å²) in [7, 11) is -3.53. The first-order chi connectivity index (χ1) is 16.7. The Morgan fingerprint density at radius 1 is 1.11 bits per heavy atom. The predicted molar refractivity (Wildman–Crippen MR) is 133 cm³/mol. The monoisotopic (exact) mass is 512 g/mol. The lowest BCUT2D eigenvalue weighted by molar-refractivity contribution is -0.112. The molecular formula is C24H24N4O5S2. The Bertz CT molecular complexity index is 1370. The molecule has 0 atom stereocenters. The van der Waals surface area contributed by atoms with Crippen molar-refractivity contribution in [2.45, 2.75) is 24.6 Å².